The van der Waals surface area contributed by atoms with Crippen LogP contribution in [0.5, 0.6) is 0 Å². The quantitative estimate of drug-likeness (QED) is 0.886. The molecule has 2 heterocycles. The molecule has 1 aliphatic rings. The number of aryl methyl sites for hydroxylation is 1. The molecular weight excluding hydrogens is 358 g/mol. The highest BCUT2D eigenvalue weighted by atomic mass is 79.9. The highest BCUT2D eigenvalue weighted by Crippen LogP contribution is 2.21. The smallest absolute Gasteiger partial charge is 0.293 e. The third kappa shape index (κ3) is 3.73. The minimum atomic E-state index is -0.156. The van der Waals surface area contributed by atoms with Crippen LogP contribution < -0.4 is 15.8 Å². The molecule has 1 saturated heterocycles. The molecule has 1 N–H and O–H groups in total. The van der Waals surface area contributed by atoms with Crippen molar-refractivity contribution in [2.75, 3.05) is 43.4 Å². The lowest BCUT2D eigenvalue weighted by molar-refractivity contribution is 0.313. The van der Waals surface area contributed by atoms with E-state index in [0.29, 0.717) is 10.4 Å². The summed E-state index contributed by atoms with van der Waals surface area (Å²) in [5, 5.41) is 3.09. The number of hydrogen-bond donors (Lipinski definition) is 1. The Kier molecular flexibility index (Phi) is 4.68. The Labute approximate surface area is 143 Å². The summed E-state index contributed by atoms with van der Waals surface area (Å²) in [6.07, 6.45) is 1.64. The summed E-state index contributed by atoms with van der Waals surface area (Å²) in [4.78, 5) is 21.0. The van der Waals surface area contributed by atoms with Crippen LogP contribution in [0.2, 0.25) is 0 Å². The topological polar surface area (TPSA) is 53.4 Å². The van der Waals surface area contributed by atoms with E-state index < -0.39 is 0 Å². The lowest BCUT2D eigenvalue weighted by atomic mass is 10.2. The summed E-state index contributed by atoms with van der Waals surface area (Å²) in [5.41, 5.74) is 1.90. The van der Waals surface area contributed by atoms with Gasteiger partial charge in [-0.05, 0) is 47.2 Å². The zero-order valence-corrected chi connectivity index (χ0v) is 14.9. The van der Waals surface area contributed by atoms with Crippen molar-refractivity contribution >= 4 is 33.1 Å². The molecule has 0 bridgehead atoms. The van der Waals surface area contributed by atoms with Gasteiger partial charge in [-0.3, -0.25) is 4.79 Å². The standard InChI is InChI=1S/C16H20BrN5O/c1-20-7-9-22(10-8-20)13-5-3-12(4-6-13)18-15-16(23)21(2)11-14(17)19-15/h3-6,11H,7-10H2,1-2H3,(H,18,19). The van der Waals surface area contributed by atoms with Crippen LogP contribution in [0.3, 0.4) is 0 Å². The average molecular weight is 378 g/mol. The van der Waals surface area contributed by atoms with Crippen molar-refractivity contribution in [2.24, 2.45) is 7.05 Å². The number of piperazine rings is 1. The number of hydrogen-bond acceptors (Lipinski definition) is 5. The predicted molar refractivity (Wildman–Crippen MR) is 96.6 cm³/mol. The SMILES string of the molecule is CN1CCN(c2ccc(Nc3nc(Br)cn(C)c3=O)cc2)CC1. The Morgan fingerprint density at radius 1 is 1.09 bits per heavy atom. The lowest BCUT2D eigenvalue weighted by Crippen LogP contribution is -2.44. The van der Waals surface area contributed by atoms with Gasteiger partial charge in [-0.25, -0.2) is 4.98 Å². The first-order chi connectivity index (χ1) is 11.0. The van der Waals surface area contributed by atoms with Gasteiger partial charge in [0.05, 0.1) is 0 Å². The predicted octanol–water partition coefficient (Wildman–Crippen LogP) is 2.04. The highest BCUT2D eigenvalue weighted by molar-refractivity contribution is 9.10. The van der Waals surface area contributed by atoms with E-state index in [1.54, 1.807) is 13.2 Å². The average Bonchev–Trinajstić information content (AvgIpc) is 2.54. The zero-order chi connectivity index (χ0) is 16.4. The molecule has 122 valence electrons. The maximum absolute atomic E-state index is 12.1. The summed E-state index contributed by atoms with van der Waals surface area (Å²) >= 11 is 3.31. The maximum Gasteiger partial charge on any atom is 0.293 e. The molecular formula is C16H20BrN5O. The summed E-state index contributed by atoms with van der Waals surface area (Å²) < 4.78 is 2.12. The third-order valence-corrected chi connectivity index (χ3v) is 4.42. The van der Waals surface area contributed by atoms with E-state index in [2.05, 4.69) is 55.2 Å². The van der Waals surface area contributed by atoms with Crippen LogP contribution in [-0.4, -0.2) is 47.7 Å². The Morgan fingerprint density at radius 3 is 2.39 bits per heavy atom. The van der Waals surface area contributed by atoms with E-state index in [4.69, 9.17) is 0 Å². The molecule has 6 nitrogen and oxygen atoms in total. The van der Waals surface area contributed by atoms with Gasteiger partial charge in [-0.15, -0.1) is 0 Å². The van der Waals surface area contributed by atoms with E-state index in [-0.39, 0.29) is 5.56 Å². The third-order valence-electron chi connectivity index (χ3n) is 4.04. The van der Waals surface area contributed by atoms with Gasteiger partial charge in [0.1, 0.15) is 4.60 Å². The summed E-state index contributed by atoms with van der Waals surface area (Å²) in [5.74, 6) is 0.314. The molecule has 1 aliphatic heterocycles. The van der Waals surface area contributed by atoms with Crippen LogP contribution in [0, 0.1) is 0 Å². The molecule has 1 aromatic carbocycles. The molecule has 1 aromatic heterocycles. The summed E-state index contributed by atoms with van der Waals surface area (Å²) in [7, 11) is 3.85. The molecule has 0 aliphatic carbocycles. The minimum absolute atomic E-state index is 0.156. The molecule has 3 rings (SSSR count). The number of anilines is 3. The first-order valence-electron chi connectivity index (χ1n) is 7.57. The van der Waals surface area contributed by atoms with Gasteiger partial charge in [0.25, 0.3) is 5.56 Å². The van der Waals surface area contributed by atoms with Crippen LogP contribution in [0.15, 0.2) is 39.9 Å². The molecule has 23 heavy (non-hydrogen) atoms. The van der Waals surface area contributed by atoms with Gasteiger partial charge in [0.15, 0.2) is 5.82 Å². The van der Waals surface area contributed by atoms with Crippen molar-refractivity contribution in [1.29, 1.82) is 0 Å². The van der Waals surface area contributed by atoms with Gasteiger partial charge in [-0.2, -0.15) is 0 Å². The van der Waals surface area contributed by atoms with Crippen LogP contribution >= 0.6 is 15.9 Å². The number of aromatic nitrogens is 2. The molecule has 0 radical (unpaired) electrons. The van der Waals surface area contributed by atoms with Crippen LogP contribution in [0.4, 0.5) is 17.2 Å². The van der Waals surface area contributed by atoms with Crippen molar-refractivity contribution < 1.29 is 0 Å². The van der Waals surface area contributed by atoms with Crippen molar-refractivity contribution in [3.63, 3.8) is 0 Å². The molecule has 0 spiro atoms. The fraction of sp³-hybridized carbons (Fsp3) is 0.375. The van der Waals surface area contributed by atoms with E-state index in [9.17, 15) is 4.79 Å². The second-order valence-corrected chi connectivity index (χ2v) is 6.60. The highest BCUT2D eigenvalue weighted by Gasteiger charge is 2.14. The van der Waals surface area contributed by atoms with E-state index >= 15 is 0 Å². The number of halogens is 1. The summed E-state index contributed by atoms with van der Waals surface area (Å²) in [6, 6.07) is 8.12. The van der Waals surface area contributed by atoms with Gasteiger partial charge in [0, 0.05) is 50.8 Å². The fourth-order valence-corrected chi connectivity index (χ4v) is 3.09. The lowest BCUT2D eigenvalue weighted by Gasteiger charge is -2.34. The van der Waals surface area contributed by atoms with E-state index in [1.165, 1.54) is 10.3 Å². The van der Waals surface area contributed by atoms with Gasteiger partial charge in [0.2, 0.25) is 0 Å². The van der Waals surface area contributed by atoms with Crippen LogP contribution in [-0.2, 0) is 7.05 Å². The minimum Gasteiger partial charge on any atom is -0.369 e. The van der Waals surface area contributed by atoms with Crippen LogP contribution in [0.25, 0.3) is 0 Å². The van der Waals surface area contributed by atoms with Crippen LogP contribution in [0.1, 0.15) is 0 Å². The first-order valence-corrected chi connectivity index (χ1v) is 8.36. The Morgan fingerprint density at radius 2 is 1.74 bits per heavy atom. The Hall–Kier alpha value is -1.86. The Bertz CT molecular complexity index is 735. The normalized spacial score (nSPS) is 15.7. The number of nitrogens with one attached hydrogen (secondary N) is 1. The molecule has 0 amide bonds. The largest absolute Gasteiger partial charge is 0.369 e. The molecule has 0 saturated carbocycles. The van der Waals surface area contributed by atoms with Crippen molar-refractivity contribution in [1.82, 2.24) is 14.5 Å². The van der Waals surface area contributed by atoms with Crippen molar-refractivity contribution in [2.45, 2.75) is 0 Å². The number of rotatable bonds is 3. The number of benzene rings is 1. The van der Waals surface area contributed by atoms with Gasteiger partial charge >= 0.3 is 0 Å². The number of likely N-dealkylation sites (N-methyl/N-ethyl adjacent to an activating group) is 1. The molecule has 7 heteroatoms. The van der Waals surface area contributed by atoms with Gasteiger partial charge in [-0.1, -0.05) is 0 Å². The Balaban J connectivity index is 1.74. The second-order valence-electron chi connectivity index (χ2n) is 5.79. The fourth-order valence-electron chi connectivity index (χ4n) is 2.61. The second kappa shape index (κ2) is 6.72. The molecule has 0 atom stereocenters. The zero-order valence-electron chi connectivity index (χ0n) is 13.3. The van der Waals surface area contributed by atoms with Gasteiger partial charge < -0.3 is 19.7 Å². The van der Waals surface area contributed by atoms with E-state index in [1.807, 2.05) is 12.1 Å². The van der Waals surface area contributed by atoms with Crippen molar-refractivity contribution in [3.8, 4) is 0 Å². The summed E-state index contributed by atoms with van der Waals surface area (Å²) in [6.45, 7) is 4.24. The number of nitrogens with zero attached hydrogens (tertiary/aromatic N) is 4. The molecule has 2 aromatic rings. The van der Waals surface area contributed by atoms with Crippen molar-refractivity contribution in [3.05, 3.63) is 45.4 Å². The van der Waals surface area contributed by atoms with E-state index in [0.717, 1.165) is 31.9 Å². The maximum atomic E-state index is 12.1. The first kappa shape index (κ1) is 16.0. The monoisotopic (exact) mass is 377 g/mol. The molecule has 1 fully saturated rings. The molecule has 0 unspecified atom stereocenters.